The van der Waals surface area contributed by atoms with E-state index >= 15 is 0 Å². The van der Waals surface area contributed by atoms with Crippen molar-refractivity contribution in [3.8, 4) is 0 Å². The molecule has 0 saturated heterocycles. The number of hydrogen-bond donors (Lipinski definition) is 1. The highest BCUT2D eigenvalue weighted by molar-refractivity contribution is 14.1. The van der Waals surface area contributed by atoms with E-state index in [1.807, 2.05) is 36.4 Å². The van der Waals surface area contributed by atoms with Crippen molar-refractivity contribution >= 4 is 50.1 Å². The van der Waals surface area contributed by atoms with E-state index in [0.29, 0.717) is 13.2 Å². The van der Waals surface area contributed by atoms with E-state index in [9.17, 15) is 4.79 Å². The predicted molar refractivity (Wildman–Crippen MR) is 117 cm³/mol. The number of ether oxygens (including phenoxy) is 1. The zero-order valence-corrected chi connectivity index (χ0v) is 18.4. The van der Waals surface area contributed by atoms with Crippen LogP contribution >= 0.6 is 38.5 Å². The van der Waals surface area contributed by atoms with Crippen molar-refractivity contribution in [2.45, 2.75) is 38.7 Å². The Hall–Kier alpha value is -0.920. The van der Waals surface area contributed by atoms with Crippen molar-refractivity contribution < 1.29 is 9.53 Å². The molecule has 1 N–H and O–H groups in total. The molecule has 2 aromatic carbocycles. The van der Waals surface area contributed by atoms with Gasteiger partial charge in [0, 0.05) is 8.04 Å². The summed E-state index contributed by atoms with van der Waals surface area (Å²) in [5, 5.41) is 3.15. The zero-order chi connectivity index (χ0) is 18.4. The van der Waals surface area contributed by atoms with E-state index in [4.69, 9.17) is 4.74 Å². The van der Waals surface area contributed by atoms with Crippen molar-refractivity contribution in [2.24, 2.45) is 5.41 Å². The maximum atomic E-state index is 13.2. The van der Waals surface area contributed by atoms with Gasteiger partial charge in [-0.2, -0.15) is 0 Å². The smallest absolute Gasteiger partial charge is 0.232 e. The molecule has 26 heavy (non-hydrogen) atoms. The first kappa shape index (κ1) is 19.8. The van der Waals surface area contributed by atoms with Crippen LogP contribution in [0.5, 0.6) is 0 Å². The van der Waals surface area contributed by atoms with E-state index in [1.54, 1.807) is 0 Å². The Balaban J connectivity index is 1.68. The fraction of sp³-hybridized carbons (Fsp3) is 0.381. The largest absolute Gasteiger partial charge is 0.376 e. The lowest BCUT2D eigenvalue weighted by Gasteiger charge is -2.35. The normalized spacial score (nSPS) is 16.2. The molecule has 0 heterocycles. The molecule has 0 unspecified atom stereocenters. The number of rotatable bonds is 6. The van der Waals surface area contributed by atoms with Crippen molar-refractivity contribution in [1.29, 1.82) is 0 Å². The molecular weight excluding hydrogens is 505 g/mol. The van der Waals surface area contributed by atoms with E-state index in [1.165, 1.54) is 6.42 Å². The van der Waals surface area contributed by atoms with Gasteiger partial charge in [0.25, 0.3) is 0 Å². The summed E-state index contributed by atoms with van der Waals surface area (Å²) in [6.45, 7) is 1.02. The van der Waals surface area contributed by atoms with Gasteiger partial charge in [0.15, 0.2) is 0 Å². The average molecular weight is 528 g/mol. The van der Waals surface area contributed by atoms with E-state index in [0.717, 1.165) is 45.0 Å². The molecule has 3 nitrogen and oxygen atoms in total. The fourth-order valence-electron chi connectivity index (χ4n) is 3.45. The topological polar surface area (TPSA) is 38.3 Å². The first-order valence-corrected chi connectivity index (χ1v) is 10.8. The van der Waals surface area contributed by atoms with Gasteiger partial charge in [-0.1, -0.05) is 65.5 Å². The van der Waals surface area contributed by atoms with Gasteiger partial charge in [-0.3, -0.25) is 4.79 Å². The Kier molecular flexibility index (Phi) is 7.12. The number of hydrogen-bond acceptors (Lipinski definition) is 2. The van der Waals surface area contributed by atoms with Gasteiger partial charge in [0.1, 0.15) is 0 Å². The number of amides is 1. The van der Waals surface area contributed by atoms with Crippen LogP contribution in [0, 0.1) is 8.99 Å². The quantitative estimate of drug-likeness (QED) is 0.457. The van der Waals surface area contributed by atoms with Crippen LogP contribution in [-0.2, 0) is 16.1 Å². The Labute approximate surface area is 177 Å². The highest BCUT2D eigenvalue weighted by atomic mass is 127. The van der Waals surface area contributed by atoms with Gasteiger partial charge in [0.2, 0.25) is 5.91 Å². The third-order valence-electron chi connectivity index (χ3n) is 4.96. The third kappa shape index (κ3) is 5.08. The number of halogens is 2. The van der Waals surface area contributed by atoms with Crippen LogP contribution in [-0.4, -0.2) is 12.5 Å². The standard InChI is InChI=1S/C21H23BrINO2/c22-17-9-10-19(18(23)13-17)24-20(25)21(11-5-2-6-12-21)15-26-14-16-7-3-1-4-8-16/h1,3-4,7-10,13H,2,5-6,11-12,14-15H2,(H,24,25). The lowest BCUT2D eigenvalue weighted by atomic mass is 9.74. The van der Waals surface area contributed by atoms with Crippen molar-refractivity contribution in [1.82, 2.24) is 0 Å². The predicted octanol–water partition coefficient (Wildman–Crippen LogP) is 6.16. The average Bonchev–Trinajstić information content (AvgIpc) is 2.65. The Bertz CT molecular complexity index is 745. The summed E-state index contributed by atoms with van der Waals surface area (Å²) in [7, 11) is 0. The first-order valence-electron chi connectivity index (χ1n) is 8.97. The molecule has 0 radical (unpaired) electrons. The number of nitrogens with one attached hydrogen (secondary N) is 1. The summed E-state index contributed by atoms with van der Waals surface area (Å²) >= 11 is 5.72. The molecule has 1 aliphatic carbocycles. The molecule has 138 valence electrons. The van der Waals surface area contributed by atoms with Crippen LogP contribution in [0.1, 0.15) is 37.7 Å². The summed E-state index contributed by atoms with van der Waals surface area (Å²) in [6.07, 6.45) is 5.14. The molecule has 1 amide bonds. The van der Waals surface area contributed by atoms with Crippen molar-refractivity contribution in [3.63, 3.8) is 0 Å². The summed E-state index contributed by atoms with van der Waals surface area (Å²) in [5.41, 5.74) is 1.58. The lowest BCUT2D eigenvalue weighted by molar-refractivity contribution is -0.132. The molecule has 2 aromatic rings. The summed E-state index contributed by atoms with van der Waals surface area (Å²) in [4.78, 5) is 13.2. The first-order chi connectivity index (χ1) is 12.6. The Morgan fingerprint density at radius 2 is 1.85 bits per heavy atom. The number of carbonyl (C=O) groups excluding carboxylic acids is 1. The van der Waals surface area contributed by atoms with Crippen LogP contribution in [0.3, 0.4) is 0 Å². The van der Waals surface area contributed by atoms with Gasteiger partial charge < -0.3 is 10.1 Å². The van der Waals surface area contributed by atoms with Crippen LogP contribution in [0.25, 0.3) is 0 Å². The highest BCUT2D eigenvalue weighted by Crippen LogP contribution is 2.38. The summed E-state index contributed by atoms with van der Waals surface area (Å²) in [6, 6.07) is 16.0. The molecule has 1 fully saturated rings. The van der Waals surface area contributed by atoms with E-state index < -0.39 is 5.41 Å². The van der Waals surface area contributed by atoms with Crippen molar-refractivity contribution in [3.05, 3.63) is 62.1 Å². The molecule has 0 bridgehead atoms. The molecular formula is C21H23BrINO2. The minimum Gasteiger partial charge on any atom is -0.376 e. The van der Waals surface area contributed by atoms with Crippen LogP contribution in [0.15, 0.2) is 53.0 Å². The Morgan fingerprint density at radius 3 is 2.54 bits per heavy atom. The Morgan fingerprint density at radius 1 is 1.12 bits per heavy atom. The second kappa shape index (κ2) is 9.33. The molecule has 0 aromatic heterocycles. The molecule has 3 rings (SSSR count). The molecule has 0 spiro atoms. The minimum absolute atomic E-state index is 0.0884. The van der Waals surface area contributed by atoms with Gasteiger partial charge in [-0.05, 0) is 59.2 Å². The van der Waals surface area contributed by atoms with Crippen LogP contribution < -0.4 is 5.32 Å². The maximum absolute atomic E-state index is 13.2. The SMILES string of the molecule is O=C(Nc1ccc(Br)cc1I)C1(COCc2ccccc2)CCCCC1. The van der Waals surface area contributed by atoms with E-state index in [2.05, 4.69) is 56.0 Å². The third-order valence-corrected chi connectivity index (χ3v) is 6.35. The molecule has 1 aliphatic rings. The van der Waals surface area contributed by atoms with Gasteiger partial charge >= 0.3 is 0 Å². The van der Waals surface area contributed by atoms with Gasteiger partial charge in [0.05, 0.1) is 24.3 Å². The summed E-state index contributed by atoms with van der Waals surface area (Å²) < 4.78 is 8.04. The second-order valence-corrected chi connectivity index (χ2v) is 8.98. The molecule has 0 aliphatic heterocycles. The monoisotopic (exact) mass is 527 g/mol. The maximum Gasteiger partial charge on any atom is 0.232 e. The van der Waals surface area contributed by atoms with Gasteiger partial charge in [-0.15, -0.1) is 0 Å². The molecule has 1 saturated carbocycles. The fourth-order valence-corrected chi connectivity index (χ4v) is 4.89. The summed E-state index contributed by atoms with van der Waals surface area (Å²) in [5.74, 6) is 0.0884. The molecule has 0 atom stereocenters. The van der Waals surface area contributed by atoms with Gasteiger partial charge in [-0.25, -0.2) is 0 Å². The molecule has 5 heteroatoms. The number of carbonyl (C=O) groups is 1. The second-order valence-electron chi connectivity index (χ2n) is 6.90. The van der Waals surface area contributed by atoms with E-state index in [-0.39, 0.29) is 5.91 Å². The van der Waals surface area contributed by atoms with Crippen LogP contribution in [0.4, 0.5) is 5.69 Å². The lowest BCUT2D eigenvalue weighted by Crippen LogP contribution is -2.42. The highest BCUT2D eigenvalue weighted by Gasteiger charge is 2.40. The van der Waals surface area contributed by atoms with Crippen molar-refractivity contribution in [2.75, 3.05) is 11.9 Å². The number of anilines is 1. The van der Waals surface area contributed by atoms with Crippen LogP contribution in [0.2, 0.25) is 0 Å². The number of benzene rings is 2. The minimum atomic E-state index is -0.427. The zero-order valence-electron chi connectivity index (χ0n) is 14.6.